The van der Waals surface area contributed by atoms with E-state index in [0.717, 1.165) is 32.9 Å². The highest BCUT2D eigenvalue weighted by Gasteiger charge is 2.19. The number of benzene rings is 1. The Labute approximate surface area is 178 Å². The van der Waals surface area contributed by atoms with Crippen LogP contribution in [-0.2, 0) is 10.2 Å². The van der Waals surface area contributed by atoms with Crippen LogP contribution < -0.4 is 14.8 Å². The van der Waals surface area contributed by atoms with Crippen molar-refractivity contribution in [1.82, 2.24) is 9.97 Å². The Morgan fingerprint density at radius 1 is 1.17 bits per heavy atom. The smallest absolute Gasteiger partial charge is 0.236 e. The zero-order valence-corrected chi connectivity index (χ0v) is 18.5. The normalized spacial score (nSPS) is 13.5. The van der Waals surface area contributed by atoms with Crippen LogP contribution in [0.2, 0.25) is 0 Å². The molecule has 0 spiro atoms. The van der Waals surface area contributed by atoms with Gasteiger partial charge in [-0.15, -0.1) is 11.3 Å². The molecule has 6 nitrogen and oxygen atoms in total. The van der Waals surface area contributed by atoms with Gasteiger partial charge in [0, 0.05) is 22.2 Å². The number of anilines is 1. The molecule has 0 unspecified atom stereocenters. The third kappa shape index (κ3) is 4.48. The first-order chi connectivity index (χ1) is 13.8. The van der Waals surface area contributed by atoms with Crippen molar-refractivity contribution in [2.24, 2.45) is 0 Å². The lowest BCUT2D eigenvalue weighted by molar-refractivity contribution is -0.113. The van der Waals surface area contributed by atoms with Crippen molar-refractivity contribution < 1.29 is 14.3 Å². The number of amides is 1. The number of nitrogens with one attached hydrogen (secondary N) is 1. The number of thiazole rings is 1. The van der Waals surface area contributed by atoms with E-state index in [9.17, 15) is 4.79 Å². The van der Waals surface area contributed by atoms with E-state index < -0.39 is 0 Å². The Balaban J connectivity index is 1.45. The zero-order chi connectivity index (χ0) is 20.6. The fraction of sp³-hybridized carbons (Fsp3) is 0.381. The summed E-state index contributed by atoms with van der Waals surface area (Å²) in [4.78, 5) is 21.6. The molecule has 1 amide bonds. The van der Waals surface area contributed by atoms with E-state index in [1.165, 1.54) is 23.1 Å². The summed E-state index contributed by atoms with van der Waals surface area (Å²) in [5.74, 6) is 1.65. The average Bonchev–Trinajstić information content (AvgIpc) is 3.14. The summed E-state index contributed by atoms with van der Waals surface area (Å²) in [6, 6.07) is 5.93. The van der Waals surface area contributed by atoms with E-state index >= 15 is 0 Å². The molecule has 3 heterocycles. The summed E-state index contributed by atoms with van der Waals surface area (Å²) in [6.07, 6.45) is 0. The summed E-state index contributed by atoms with van der Waals surface area (Å²) in [5.41, 5.74) is 2.80. The Morgan fingerprint density at radius 3 is 2.59 bits per heavy atom. The third-order valence-electron chi connectivity index (χ3n) is 4.48. The van der Waals surface area contributed by atoms with Crippen molar-refractivity contribution in [3.63, 3.8) is 0 Å². The maximum Gasteiger partial charge on any atom is 0.236 e. The molecule has 1 aliphatic heterocycles. The third-order valence-corrected chi connectivity index (χ3v) is 6.33. The van der Waals surface area contributed by atoms with Crippen LogP contribution in [0.15, 0.2) is 28.6 Å². The average molecular weight is 430 g/mol. The van der Waals surface area contributed by atoms with Crippen molar-refractivity contribution >= 4 is 45.0 Å². The Morgan fingerprint density at radius 2 is 1.90 bits per heavy atom. The first kappa shape index (κ1) is 20.0. The number of hydrogen-bond acceptors (Lipinski definition) is 7. The van der Waals surface area contributed by atoms with Crippen LogP contribution in [0.5, 0.6) is 11.5 Å². The van der Waals surface area contributed by atoms with Crippen LogP contribution in [0.3, 0.4) is 0 Å². The predicted molar refractivity (Wildman–Crippen MR) is 118 cm³/mol. The molecule has 0 saturated heterocycles. The molecule has 8 heteroatoms. The molecule has 1 aromatic carbocycles. The molecule has 29 heavy (non-hydrogen) atoms. The first-order valence-corrected chi connectivity index (χ1v) is 11.3. The van der Waals surface area contributed by atoms with E-state index in [4.69, 9.17) is 14.5 Å². The lowest BCUT2D eigenvalue weighted by Crippen LogP contribution is -2.16. The number of thioether (sulfide) groups is 1. The maximum absolute atomic E-state index is 12.4. The number of fused-ring (bicyclic) bond motifs is 2. The summed E-state index contributed by atoms with van der Waals surface area (Å²) >= 11 is 2.87. The second-order valence-electron chi connectivity index (χ2n) is 7.92. The lowest BCUT2D eigenvalue weighted by Gasteiger charge is -2.19. The lowest BCUT2D eigenvalue weighted by atomic mass is 9.93. The molecule has 0 saturated carbocycles. The van der Waals surface area contributed by atoms with Gasteiger partial charge in [0.2, 0.25) is 5.91 Å². The molecular formula is C21H23N3O3S2. The Kier molecular flexibility index (Phi) is 5.40. The summed E-state index contributed by atoms with van der Waals surface area (Å²) in [6.45, 7) is 9.41. The fourth-order valence-corrected chi connectivity index (χ4v) is 4.65. The van der Waals surface area contributed by atoms with Gasteiger partial charge in [-0.1, -0.05) is 32.5 Å². The second kappa shape index (κ2) is 7.84. The summed E-state index contributed by atoms with van der Waals surface area (Å²) in [5, 5.41) is 7.34. The minimum atomic E-state index is -0.0896. The van der Waals surface area contributed by atoms with Gasteiger partial charge in [-0.25, -0.2) is 9.97 Å². The number of aryl methyl sites for hydroxylation is 1. The van der Waals surface area contributed by atoms with E-state index in [-0.39, 0.29) is 17.1 Å². The molecule has 0 aliphatic carbocycles. The number of rotatable bonds is 4. The second-order valence-corrected chi connectivity index (χ2v) is 9.75. The number of ether oxygens (including phenoxy) is 2. The fourth-order valence-electron chi connectivity index (χ4n) is 2.91. The number of pyridine rings is 1. The molecule has 1 aliphatic rings. The van der Waals surface area contributed by atoms with Crippen LogP contribution in [0, 0.1) is 6.92 Å². The van der Waals surface area contributed by atoms with E-state index in [1.54, 1.807) is 0 Å². The van der Waals surface area contributed by atoms with Crippen molar-refractivity contribution in [3.8, 4) is 11.5 Å². The van der Waals surface area contributed by atoms with Gasteiger partial charge in [-0.2, -0.15) is 0 Å². The number of aromatic nitrogens is 2. The number of carbonyl (C=O) groups excluding carboxylic acids is 1. The van der Waals surface area contributed by atoms with Gasteiger partial charge < -0.3 is 14.8 Å². The van der Waals surface area contributed by atoms with E-state index in [2.05, 4.69) is 37.1 Å². The van der Waals surface area contributed by atoms with Crippen molar-refractivity contribution in [3.05, 3.63) is 34.8 Å². The van der Waals surface area contributed by atoms with Crippen molar-refractivity contribution in [2.45, 2.75) is 38.1 Å². The van der Waals surface area contributed by atoms with Crippen LogP contribution >= 0.6 is 23.1 Å². The minimum Gasteiger partial charge on any atom is -0.486 e. The monoisotopic (exact) mass is 429 g/mol. The van der Waals surface area contributed by atoms with Gasteiger partial charge in [0.05, 0.1) is 17.0 Å². The van der Waals surface area contributed by atoms with E-state index in [1.807, 2.05) is 24.4 Å². The molecule has 4 rings (SSSR count). The predicted octanol–water partition coefficient (Wildman–Crippen LogP) is 4.80. The van der Waals surface area contributed by atoms with Gasteiger partial charge >= 0.3 is 0 Å². The molecule has 0 atom stereocenters. The standard InChI is InChI=1S/C21H23N3O3S2/c1-12-7-13-8-15-16(27-6-5-26-15)9-14(13)22-19(12)28-11-18(25)24-20-23-17(10-29-20)21(2,3)4/h7-10H,5-6,11H2,1-4H3,(H,23,24,25). The van der Waals surface area contributed by atoms with Gasteiger partial charge in [-0.3, -0.25) is 4.79 Å². The highest BCUT2D eigenvalue weighted by atomic mass is 32.2. The Hall–Kier alpha value is -2.32. The van der Waals surface area contributed by atoms with Gasteiger partial charge in [0.15, 0.2) is 16.6 Å². The number of nitrogens with zero attached hydrogens (tertiary/aromatic N) is 2. The van der Waals surface area contributed by atoms with Crippen molar-refractivity contribution in [1.29, 1.82) is 0 Å². The molecule has 0 radical (unpaired) electrons. The van der Waals surface area contributed by atoms with Crippen molar-refractivity contribution in [2.75, 3.05) is 24.3 Å². The zero-order valence-electron chi connectivity index (χ0n) is 16.9. The minimum absolute atomic E-state index is 0.0334. The molecule has 0 bridgehead atoms. The van der Waals surface area contributed by atoms with Gasteiger partial charge in [0.1, 0.15) is 18.2 Å². The molecule has 152 valence electrons. The topological polar surface area (TPSA) is 73.3 Å². The summed E-state index contributed by atoms with van der Waals surface area (Å²) in [7, 11) is 0. The first-order valence-electron chi connectivity index (χ1n) is 9.39. The molecule has 3 aromatic rings. The SMILES string of the molecule is Cc1cc2cc3c(cc2nc1SCC(=O)Nc1nc(C(C)(C)C)cs1)OCCO3. The highest BCUT2D eigenvalue weighted by molar-refractivity contribution is 8.00. The van der Waals surface area contributed by atoms with E-state index in [0.29, 0.717) is 24.1 Å². The maximum atomic E-state index is 12.4. The molecular weight excluding hydrogens is 406 g/mol. The molecule has 0 fully saturated rings. The Bertz CT molecular complexity index is 1070. The number of carbonyl (C=O) groups is 1. The summed E-state index contributed by atoms with van der Waals surface area (Å²) < 4.78 is 11.3. The molecule has 2 aromatic heterocycles. The quantitative estimate of drug-likeness (QED) is 0.601. The van der Waals surface area contributed by atoms with Gasteiger partial charge in [-0.05, 0) is 24.6 Å². The van der Waals surface area contributed by atoms with Crippen LogP contribution in [0.25, 0.3) is 10.9 Å². The molecule has 1 N–H and O–H groups in total. The van der Waals surface area contributed by atoms with Crippen LogP contribution in [0.4, 0.5) is 5.13 Å². The highest BCUT2D eigenvalue weighted by Crippen LogP contribution is 2.35. The van der Waals surface area contributed by atoms with Crippen LogP contribution in [0.1, 0.15) is 32.0 Å². The number of hydrogen-bond donors (Lipinski definition) is 1. The largest absolute Gasteiger partial charge is 0.486 e. The van der Waals surface area contributed by atoms with Gasteiger partial charge in [0.25, 0.3) is 0 Å². The van der Waals surface area contributed by atoms with Crippen LogP contribution in [-0.4, -0.2) is 34.8 Å².